The zero-order valence-corrected chi connectivity index (χ0v) is 12.2. The van der Waals surface area contributed by atoms with Gasteiger partial charge in [-0.3, -0.25) is 4.79 Å². The molecule has 2 unspecified atom stereocenters. The third kappa shape index (κ3) is 3.35. The van der Waals surface area contributed by atoms with Crippen LogP contribution in [0.1, 0.15) is 39.7 Å². The van der Waals surface area contributed by atoms with Crippen LogP contribution in [0.2, 0.25) is 0 Å². The van der Waals surface area contributed by atoms with Crippen molar-refractivity contribution in [1.82, 2.24) is 0 Å². The second-order valence-electron chi connectivity index (χ2n) is 5.12. The summed E-state index contributed by atoms with van der Waals surface area (Å²) in [7, 11) is 0. The van der Waals surface area contributed by atoms with Gasteiger partial charge < -0.3 is 9.84 Å². The molecule has 0 saturated carbocycles. The number of carbonyl (C=O) groups excluding carboxylic acids is 1. The van der Waals surface area contributed by atoms with Crippen LogP contribution >= 0.6 is 0 Å². The molecule has 0 aliphatic heterocycles. The van der Waals surface area contributed by atoms with Gasteiger partial charge in [0, 0.05) is 0 Å². The Kier molecular flexibility index (Phi) is 5.55. The van der Waals surface area contributed by atoms with Crippen LogP contribution in [0.3, 0.4) is 0 Å². The predicted octanol–water partition coefficient (Wildman–Crippen LogP) is 3.12. The van der Waals surface area contributed by atoms with Crippen LogP contribution in [0.15, 0.2) is 30.3 Å². The van der Waals surface area contributed by atoms with Crippen molar-refractivity contribution in [2.75, 3.05) is 6.61 Å². The van der Waals surface area contributed by atoms with Crippen LogP contribution < -0.4 is 0 Å². The lowest BCUT2D eigenvalue weighted by Gasteiger charge is -2.36. The Balaban J connectivity index is 3.19. The highest BCUT2D eigenvalue weighted by Gasteiger charge is 2.44. The first-order chi connectivity index (χ1) is 8.97. The smallest absolute Gasteiger partial charge is 0.312 e. The average molecular weight is 264 g/mol. The average Bonchev–Trinajstić information content (AvgIpc) is 2.39. The van der Waals surface area contributed by atoms with Crippen molar-refractivity contribution in [3.63, 3.8) is 0 Å². The van der Waals surface area contributed by atoms with Gasteiger partial charge in [-0.2, -0.15) is 0 Å². The van der Waals surface area contributed by atoms with Crippen LogP contribution in [0.4, 0.5) is 0 Å². The van der Waals surface area contributed by atoms with E-state index in [-0.39, 0.29) is 11.9 Å². The largest absolute Gasteiger partial charge is 0.466 e. The lowest BCUT2D eigenvalue weighted by molar-refractivity contribution is -0.163. The molecule has 1 aromatic carbocycles. The van der Waals surface area contributed by atoms with Gasteiger partial charge in [-0.05, 0) is 24.8 Å². The zero-order chi connectivity index (χ0) is 14.5. The minimum absolute atomic E-state index is 0.00389. The summed E-state index contributed by atoms with van der Waals surface area (Å²) in [5.74, 6) is -0.880. The monoisotopic (exact) mass is 264 g/mol. The van der Waals surface area contributed by atoms with E-state index in [4.69, 9.17) is 4.74 Å². The minimum atomic E-state index is -1.18. The summed E-state index contributed by atoms with van der Waals surface area (Å²) in [6, 6.07) is 9.36. The van der Waals surface area contributed by atoms with E-state index in [1.807, 2.05) is 51.1 Å². The van der Waals surface area contributed by atoms with Crippen molar-refractivity contribution in [1.29, 1.82) is 0 Å². The molecule has 3 nitrogen and oxygen atoms in total. The molecule has 0 saturated heterocycles. The van der Waals surface area contributed by atoms with Crippen LogP contribution in [-0.2, 0) is 15.1 Å². The Morgan fingerprint density at radius 2 is 1.84 bits per heavy atom. The SMILES string of the molecule is CCOC(=O)C(C(C)C)C(O)(CC)c1ccccc1. The maximum absolute atomic E-state index is 12.2. The van der Waals surface area contributed by atoms with E-state index in [0.717, 1.165) is 5.56 Å². The number of benzene rings is 1. The highest BCUT2D eigenvalue weighted by Crippen LogP contribution is 2.38. The summed E-state index contributed by atoms with van der Waals surface area (Å²) < 4.78 is 5.14. The lowest BCUT2D eigenvalue weighted by Crippen LogP contribution is -2.43. The number of esters is 1. The Labute approximate surface area is 115 Å². The molecule has 19 heavy (non-hydrogen) atoms. The van der Waals surface area contributed by atoms with Crippen LogP contribution in [0.5, 0.6) is 0 Å². The first-order valence-corrected chi connectivity index (χ1v) is 6.91. The maximum Gasteiger partial charge on any atom is 0.312 e. The molecule has 2 atom stereocenters. The highest BCUT2D eigenvalue weighted by atomic mass is 16.5. The van der Waals surface area contributed by atoms with Gasteiger partial charge in [-0.1, -0.05) is 51.1 Å². The summed E-state index contributed by atoms with van der Waals surface area (Å²) >= 11 is 0. The first kappa shape index (κ1) is 15.7. The fourth-order valence-corrected chi connectivity index (χ4v) is 2.58. The van der Waals surface area contributed by atoms with Gasteiger partial charge in [-0.15, -0.1) is 0 Å². The number of carbonyl (C=O) groups is 1. The van der Waals surface area contributed by atoms with E-state index in [1.54, 1.807) is 6.92 Å². The molecule has 0 aromatic heterocycles. The molecule has 0 bridgehead atoms. The van der Waals surface area contributed by atoms with Crippen LogP contribution in [0, 0.1) is 11.8 Å². The summed E-state index contributed by atoms with van der Waals surface area (Å²) in [5, 5.41) is 11.0. The fraction of sp³-hybridized carbons (Fsp3) is 0.562. The molecular weight excluding hydrogens is 240 g/mol. The molecule has 1 aromatic rings. The topological polar surface area (TPSA) is 46.5 Å². The normalized spacial score (nSPS) is 15.9. The number of hydrogen-bond acceptors (Lipinski definition) is 3. The molecule has 0 amide bonds. The number of aliphatic hydroxyl groups is 1. The molecule has 0 fully saturated rings. The summed E-state index contributed by atoms with van der Waals surface area (Å²) in [4.78, 5) is 12.2. The predicted molar refractivity (Wildman–Crippen MR) is 75.6 cm³/mol. The van der Waals surface area contributed by atoms with Gasteiger partial charge in [0.25, 0.3) is 0 Å². The van der Waals surface area contributed by atoms with Crippen LogP contribution in [0.25, 0.3) is 0 Å². The van der Waals surface area contributed by atoms with Gasteiger partial charge in [0.15, 0.2) is 0 Å². The Morgan fingerprint density at radius 1 is 1.26 bits per heavy atom. The zero-order valence-electron chi connectivity index (χ0n) is 12.2. The first-order valence-electron chi connectivity index (χ1n) is 6.91. The molecule has 1 N–H and O–H groups in total. The van der Waals surface area contributed by atoms with E-state index in [2.05, 4.69) is 0 Å². The van der Waals surface area contributed by atoms with E-state index in [0.29, 0.717) is 13.0 Å². The lowest BCUT2D eigenvalue weighted by atomic mass is 9.74. The summed E-state index contributed by atoms with van der Waals surface area (Å²) in [5.41, 5.74) is -0.411. The third-order valence-electron chi connectivity index (χ3n) is 3.53. The van der Waals surface area contributed by atoms with Gasteiger partial charge in [0.05, 0.1) is 12.5 Å². The standard InChI is InChI=1S/C16H24O3/c1-5-16(18,13-10-8-7-9-11-13)14(12(3)4)15(17)19-6-2/h7-12,14,18H,5-6H2,1-4H3. The number of rotatable bonds is 6. The van der Waals surface area contributed by atoms with Crippen molar-refractivity contribution in [2.45, 2.75) is 39.7 Å². The minimum Gasteiger partial charge on any atom is -0.466 e. The fourth-order valence-electron chi connectivity index (χ4n) is 2.58. The summed E-state index contributed by atoms with van der Waals surface area (Å²) in [6.45, 7) is 7.87. The molecule has 0 radical (unpaired) electrons. The van der Waals surface area contributed by atoms with Crippen molar-refractivity contribution >= 4 is 5.97 Å². The van der Waals surface area contributed by atoms with Crippen molar-refractivity contribution in [3.05, 3.63) is 35.9 Å². The van der Waals surface area contributed by atoms with Crippen molar-refractivity contribution < 1.29 is 14.6 Å². The molecular formula is C16H24O3. The maximum atomic E-state index is 12.2. The second kappa shape index (κ2) is 6.71. The highest BCUT2D eigenvalue weighted by molar-refractivity contribution is 5.74. The number of ether oxygens (including phenoxy) is 1. The molecule has 0 aliphatic rings. The molecule has 0 heterocycles. The third-order valence-corrected chi connectivity index (χ3v) is 3.53. The second-order valence-corrected chi connectivity index (χ2v) is 5.12. The van der Waals surface area contributed by atoms with Crippen molar-refractivity contribution in [2.24, 2.45) is 11.8 Å². The van der Waals surface area contributed by atoms with E-state index >= 15 is 0 Å². The van der Waals surface area contributed by atoms with Gasteiger partial charge >= 0.3 is 5.97 Å². The Hall–Kier alpha value is -1.35. The molecule has 1 rings (SSSR count). The van der Waals surface area contributed by atoms with Crippen LogP contribution in [-0.4, -0.2) is 17.7 Å². The van der Waals surface area contributed by atoms with Gasteiger partial charge in [0.1, 0.15) is 5.60 Å². The Morgan fingerprint density at radius 3 is 2.26 bits per heavy atom. The number of hydrogen-bond donors (Lipinski definition) is 1. The van der Waals surface area contributed by atoms with Gasteiger partial charge in [-0.25, -0.2) is 0 Å². The van der Waals surface area contributed by atoms with E-state index in [1.165, 1.54) is 0 Å². The molecule has 3 heteroatoms. The molecule has 106 valence electrons. The van der Waals surface area contributed by atoms with E-state index < -0.39 is 11.5 Å². The summed E-state index contributed by atoms with van der Waals surface area (Å²) in [6.07, 6.45) is 0.471. The quantitative estimate of drug-likeness (QED) is 0.803. The molecule has 0 spiro atoms. The van der Waals surface area contributed by atoms with Gasteiger partial charge in [0.2, 0.25) is 0 Å². The Bertz CT molecular complexity index is 400. The molecule has 0 aliphatic carbocycles. The van der Waals surface area contributed by atoms with E-state index in [9.17, 15) is 9.90 Å². The van der Waals surface area contributed by atoms with Crippen molar-refractivity contribution in [3.8, 4) is 0 Å².